The first kappa shape index (κ1) is 35.2. The molecule has 0 spiro atoms. The van der Waals surface area contributed by atoms with Gasteiger partial charge in [-0.3, -0.25) is 19.2 Å². The highest BCUT2D eigenvalue weighted by Gasteiger charge is 2.52. The third-order valence-corrected chi connectivity index (χ3v) is 8.54. The Kier molecular flexibility index (Phi) is 11.8. The van der Waals surface area contributed by atoms with E-state index in [0.29, 0.717) is 0 Å². The molecule has 2 aliphatic rings. The van der Waals surface area contributed by atoms with E-state index < -0.39 is 78.4 Å². The number of carbonyl (C=O) groups excluding carboxylic acids is 5. The molecule has 1 fully saturated rings. The van der Waals surface area contributed by atoms with Gasteiger partial charge in [-0.2, -0.15) is 0 Å². The molecule has 0 radical (unpaired) electrons. The number of rotatable bonds is 12. The Bertz CT molecular complexity index is 1470. The lowest BCUT2D eigenvalue weighted by atomic mass is 9.98. The normalized spacial score (nSPS) is 22.1. The van der Waals surface area contributed by atoms with Crippen molar-refractivity contribution in [2.75, 3.05) is 19.0 Å². The summed E-state index contributed by atoms with van der Waals surface area (Å²) in [5, 5.41) is 12.3. The molecule has 4 rings (SSSR count). The number of hydrogen-bond donors (Lipinski definition) is 2. The molecule has 15 heteroatoms. The fraction of sp³-hybridized carbons (Fsp3) is 0.438. The number of carbonyl (C=O) groups is 6. The van der Waals surface area contributed by atoms with Gasteiger partial charge in [0.1, 0.15) is 30.8 Å². The number of thioether (sulfide) groups is 1. The molecule has 0 saturated carbocycles. The van der Waals surface area contributed by atoms with Gasteiger partial charge in [0.2, 0.25) is 0 Å². The maximum Gasteiger partial charge on any atom is 0.407 e. The van der Waals surface area contributed by atoms with Crippen LogP contribution in [0, 0.1) is 0 Å². The summed E-state index contributed by atoms with van der Waals surface area (Å²) in [6, 6.07) is 14.0. The fourth-order valence-electron chi connectivity index (χ4n) is 5.47. The number of aliphatic carboxylic acids is 1. The Morgan fingerprint density at radius 3 is 1.81 bits per heavy atom. The zero-order valence-corrected chi connectivity index (χ0v) is 26.9. The first-order valence-electron chi connectivity index (χ1n) is 14.6. The van der Waals surface area contributed by atoms with Crippen molar-refractivity contribution in [2.45, 2.75) is 69.5 Å². The van der Waals surface area contributed by atoms with Gasteiger partial charge >= 0.3 is 35.9 Å². The number of ether oxygens (including phenoxy) is 6. The van der Waals surface area contributed by atoms with E-state index in [1.54, 1.807) is 0 Å². The third kappa shape index (κ3) is 9.01. The highest BCUT2D eigenvalue weighted by Crippen LogP contribution is 2.44. The van der Waals surface area contributed by atoms with Gasteiger partial charge in [-0.05, 0) is 22.3 Å². The van der Waals surface area contributed by atoms with E-state index in [1.165, 1.54) is 0 Å². The molecule has 1 amide bonds. The second-order valence-corrected chi connectivity index (χ2v) is 11.9. The molecule has 47 heavy (non-hydrogen) atoms. The molecule has 0 unspecified atom stereocenters. The van der Waals surface area contributed by atoms with Crippen molar-refractivity contribution >= 4 is 47.7 Å². The van der Waals surface area contributed by atoms with Gasteiger partial charge in [0, 0.05) is 39.4 Å². The van der Waals surface area contributed by atoms with Gasteiger partial charge in [-0.15, -0.1) is 11.8 Å². The van der Waals surface area contributed by atoms with Crippen molar-refractivity contribution in [1.82, 2.24) is 5.32 Å². The molecule has 1 saturated heterocycles. The van der Waals surface area contributed by atoms with Crippen LogP contribution in [-0.2, 0) is 52.4 Å². The van der Waals surface area contributed by atoms with Gasteiger partial charge < -0.3 is 38.8 Å². The Balaban J connectivity index is 1.48. The average molecular weight is 674 g/mol. The monoisotopic (exact) mass is 673 g/mol. The molecule has 2 aromatic carbocycles. The van der Waals surface area contributed by atoms with Crippen molar-refractivity contribution < 1.29 is 62.3 Å². The molecular weight excluding hydrogens is 638 g/mol. The maximum atomic E-state index is 12.9. The number of fused-ring (bicyclic) bond motifs is 3. The highest BCUT2D eigenvalue weighted by atomic mass is 32.2. The van der Waals surface area contributed by atoms with E-state index in [9.17, 15) is 33.9 Å². The second-order valence-electron chi connectivity index (χ2n) is 10.8. The zero-order chi connectivity index (χ0) is 34.2. The molecule has 0 aromatic heterocycles. The van der Waals surface area contributed by atoms with Gasteiger partial charge in [0.05, 0.1) is 0 Å². The molecular formula is C32H35NO13S. The van der Waals surface area contributed by atoms with Crippen molar-refractivity contribution in [2.24, 2.45) is 0 Å². The van der Waals surface area contributed by atoms with E-state index >= 15 is 0 Å². The van der Waals surface area contributed by atoms with Gasteiger partial charge in [-0.1, -0.05) is 48.5 Å². The molecule has 14 nitrogen and oxygen atoms in total. The number of carboxylic acids is 1. The summed E-state index contributed by atoms with van der Waals surface area (Å²) in [6.07, 6.45) is -6.32. The van der Waals surface area contributed by atoms with Crippen LogP contribution in [-0.4, -0.2) is 95.9 Å². The Morgan fingerprint density at radius 2 is 1.28 bits per heavy atom. The van der Waals surface area contributed by atoms with E-state index in [1.807, 2.05) is 48.5 Å². The first-order chi connectivity index (χ1) is 22.3. The molecule has 1 aliphatic heterocycles. The number of esters is 4. The fourth-order valence-corrected chi connectivity index (χ4v) is 6.70. The minimum Gasteiger partial charge on any atom is -0.480 e. The number of benzene rings is 2. The van der Waals surface area contributed by atoms with E-state index in [4.69, 9.17) is 28.4 Å². The largest absolute Gasteiger partial charge is 0.480 e. The zero-order valence-electron chi connectivity index (χ0n) is 26.0. The highest BCUT2D eigenvalue weighted by molar-refractivity contribution is 7.99. The number of alkyl carbamates (subject to hydrolysis) is 1. The summed E-state index contributed by atoms with van der Waals surface area (Å²) in [4.78, 5) is 72.6. The lowest BCUT2D eigenvalue weighted by Crippen LogP contribution is -2.61. The summed E-state index contributed by atoms with van der Waals surface area (Å²) < 4.78 is 32.7. The van der Waals surface area contributed by atoms with Crippen LogP contribution in [0.4, 0.5) is 4.79 Å². The molecule has 2 aromatic rings. The van der Waals surface area contributed by atoms with Crippen LogP contribution in [0.5, 0.6) is 0 Å². The van der Waals surface area contributed by atoms with Crippen molar-refractivity contribution in [3.05, 3.63) is 59.7 Å². The van der Waals surface area contributed by atoms with Crippen molar-refractivity contribution in [3.8, 4) is 11.1 Å². The third-order valence-electron chi connectivity index (χ3n) is 7.31. The molecule has 1 heterocycles. The predicted octanol–water partition coefficient (Wildman–Crippen LogP) is 2.79. The van der Waals surface area contributed by atoms with Gasteiger partial charge in [0.15, 0.2) is 18.3 Å². The summed E-state index contributed by atoms with van der Waals surface area (Å²) in [7, 11) is 0. The molecule has 6 atom stereocenters. The van der Waals surface area contributed by atoms with Crippen LogP contribution >= 0.6 is 11.8 Å². The van der Waals surface area contributed by atoms with E-state index in [-0.39, 0.29) is 18.3 Å². The summed E-state index contributed by atoms with van der Waals surface area (Å²) in [6.45, 7) is 3.95. The van der Waals surface area contributed by atoms with Crippen LogP contribution in [0.15, 0.2) is 48.5 Å². The number of carboxylic acid groups (broad SMARTS) is 1. The summed E-state index contributed by atoms with van der Waals surface area (Å²) in [5.41, 5.74) is 2.80. The Morgan fingerprint density at radius 1 is 0.745 bits per heavy atom. The summed E-state index contributed by atoms with van der Waals surface area (Å²) in [5.74, 6) is -5.03. The average Bonchev–Trinajstić information content (AvgIpc) is 3.32. The Labute approximate surface area is 274 Å². The number of nitrogens with one attached hydrogen (secondary N) is 1. The van der Waals surface area contributed by atoms with Crippen LogP contribution in [0.2, 0.25) is 0 Å². The number of amides is 1. The van der Waals surface area contributed by atoms with Gasteiger partial charge in [0.25, 0.3) is 0 Å². The lowest BCUT2D eigenvalue weighted by Gasteiger charge is -2.44. The van der Waals surface area contributed by atoms with Crippen LogP contribution < -0.4 is 5.32 Å². The quantitative estimate of drug-likeness (QED) is 0.247. The van der Waals surface area contributed by atoms with Crippen LogP contribution in [0.1, 0.15) is 44.7 Å². The minimum atomic E-state index is -1.50. The molecule has 2 N–H and O–H groups in total. The second kappa shape index (κ2) is 15.8. The minimum absolute atomic E-state index is 0.0426. The molecule has 1 aliphatic carbocycles. The topological polar surface area (TPSA) is 190 Å². The molecule has 0 bridgehead atoms. The van der Waals surface area contributed by atoms with Crippen LogP contribution in [0.25, 0.3) is 11.1 Å². The van der Waals surface area contributed by atoms with Crippen molar-refractivity contribution in [3.63, 3.8) is 0 Å². The predicted molar refractivity (Wildman–Crippen MR) is 164 cm³/mol. The standard InChI is InChI=1S/C32H35NO13S/c1-16(34)41-14-26-27(43-17(2)35)28(44-18(3)36)29(45-19(4)37)31(46-26)47-15-25(30(38)39)33-32(40)42-13-24-22-11-7-5-9-20(22)21-10-6-8-12-23(21)24/h5-12,24-29,31H,13-15H2,1-4H3,(H,33,40)(H,38,39)/t25-,26+,27+,28-,29+,31-/m0/s1. The van der Waals surface area contributed by atoms with Crippen molar-refractivity contribution in [1.29, 1.82) is 0 Å². The smallest absolute Gasteiger partial charge is 0.407 e. The summed E-state index contributed by atoms with van der Waals surface area (Å²) >= 11 is 0.818. The van der Waals surface area contributed by atoms with Crippen LogP contribution in [0.3, 0.4) is 0 Å². The maximum absolute atomic E-state index is 12.9. The van der Waals surface area contributed by atoms with E-state index in [0.717, 1.165) is 61.7 Å². The lowest BCUT2D eigenvalue weighted by molar-refractivity contribution is -0.237. The molecule has 252 valence electrons. The Hall–Kier alpha value is -4.63. The van der Waals surface area contributed by atoms with E-state index in [2.05, 4.69) is 5.32 Å². The first-order valence-corrected chi connectivity index (χ1v) is 15.7. The van der Waals surface area contributed by atoms with Gasteiger partial charge in [-0.25, -0.2) is 9.59 Å². The number of hydrogen-bond acceptors (Lipinski definition) is 13. The SMILES string of the molecule is CC(=O)OC[C@H]1O[C@@H](SC[C@H](NC(=O)OCC2c3ccccc3-c3ccccc32)C(=O)O)[C@H](OC(C)=O)[C@@H](OC(C)=O)[C@@H]1OC(C)=O.